The van der Waals surface area contributed by atoms with Crippen LogP contribution in [-0.4, -0.2) is 18.0 Å². The summed E-state index contributed by atoms with van der Waals surface area (Å²) in [4.78, 5) is 12.3. The molecular weight excluding hydrogens is 226 g/mol. The second kappa shape index (κ2) is 5.32. The molecule has 0 amide bonds. The molecule has 1 fully saturated rings. The van der Waals surface area contributed by atoms with E-state index in [4.69, 9.17) is 4.74 Å². The Morgan fingerprint density at radius 1 is 1.44 bits per heavy atom. The fourth-order valence-electron chi connectivity index (χ4n) is 2.39. The summed E-state index contributed by atoms with van der Waals surface area (Å²) in [5.41, 5.74) is 1.77. The van der Waals surface area contributed by atoms with Gasteiger partial charge in [-0.1, -0.05) is 24.3 Å². The van der Waals surface area contributed by atoms with Crippen molar-refractivity contribution < 1.29 is 9.53 Å². The van der Waals surface area contributed by atoms with Crippen molar-refractivity contribution in [3.05, 3.63) is 35.4 Å². The Morgan fingerprint density at radius 3 is 2.72 bits per heavy atom. The number of hydrogen-bond donors (Lipinski definition) is 0. The molecule has 1 aliphatic heterocycles. The standard InChI is InChI=1S/C15H17NO2/c1-10-5-3-4-6-12(10)13(9-16)15(17)14-8-7-11(2)18-14/h3-6,11,13-14H,7-8H2,1-2H3. The molecule has 0 spiro atoms. The summed E-state index contributed by atoms with van der Waals surface area (Å²) in [6.45, 7) is 3.88. The van der Waals surface area contributed by atoms with Crippen LogP contribution in [0.1, 0.15) is 36.8 Å². The SMILES string of the molecule is Cc1ccccc1C(C#N)C(=O)C1CCC(C)O1. The molecule has 0 N–H and O–H groups in total. The fourth-order valence-corrected chi connectivity index (χ4v) is 2.39. The summed E-state index contributed by atoms with van der Waals surface area (Å²) in [5, 5.41) is 9.27. The second-order valence-electron chi connectivity index (χ2n) is 4.83. The van der Waals surface area contributed by atoms with Crippen molar-refractivity contribution in [2.45, 2.75) is 44.8 Å². The number of rotatable bonds is 3. The van der Waals surface area contributed by atoms with Gasteiger partial charge in [-0.05, 0) is 37.8 Å². The predicted molar refractivity (Wildman–Crippen MR) is 68.1 cm³/mol. The Morgan fingerprint density at radius 2 is 2.17 bits per heavy atom. The molecule has 2 rings (SSSR count). The van der Waals surface area contributed by atoms with E-state index in [1.165, 1.54) is 0 Å². The first-order valence-electron chi connectivity index (χ1n) is 6.28. The van der Waals surface area contributed by atoms with Crippen molar-refractivity contribution in [1.29, 1.82) is 5.26 Å². The maximum atomic E-state index is 12.3. The molecule has 1 aromatic carbocycles. The van der Waals surface area contributed by atoms with Gasteiger partial charge in [-0.25, -0.2) is 0 Å². The Hall–Kier alpha value is -1.66. The van der Waals surface area contributed by atoms with Crippen LogP contribution < -0.4 is 0 Å². The molecule has 0 aliphatic carbocycles. The summed E-state index contributed by atoms with van der Waals surface area (Å²) in [7, 11) is 0. The van der Waals surface area contributed by atoms with E-state index in [0.29, 0.717) is 0 Å². The smallest absolute Gasteiger partial charge is 0.183 e. The van der Waals surface area contributed by atoms with E-state index < -0.39 is 12.0 Å². The van der Waals surface area contributed by atoms with E-state index in [-0.39, 0.29) is 11.9 Å². The molecule has 0 bridgehead atoms. The summed E-state index contributed by atoms with van der Waals surface area (Å²) < 4.78 is 5.57. The van der Waals surface area contributed by atoms with Gasteiger partial charge in [-0.3, -0.25) is 4.79 Å². The lowest BCUT2D eigenvalue weighted by Crippen LogP contribution is -2.26. The monoisotopic (exact) mass is 243 g/mol. The number of ketones is 1. The minimum atomic E-state index is -0.707. The quantitative estimate of drug-likeness (QED) is 0.820. The average molecular weight is 243 g/mol. The van der Waals surface area contributed by atoms with Crippen LogP contribution in [0.5, 0.6) is 0 Å². The van der Waals surface area contributed by atoms with Crippen LogP contribution in [0.4, 0.5) is 0 Å². The molecule has 1 saturated heterocycles. The second-order valence-corrected chi connectivity index (χ2v) is 4.83. The number of Topliss-reactive ketones (excluding diaryl/α,β-unsaturated/α-hetero) is 1. The Bertz CT molecular complexity index is 490. The van der Waals surface area contributed by atoms with Gasteiger partial charge in [0.25, 0.3) is 0 Å². The minimum absolute atomic E-state index is 0.101. The fraction of sp³-hybridized carbons (Fsp3) is 0.467. The Kier molecular flexibility index (Phi) is 3.78. The van der Waals surface area contributed by atoms with Crippen molar-refractivity contribution in [3.63, 3.8) is 0 Å². The molecule has 1 aromatic rings. The first-order valence-corrected chi connectivity index (χ1v) is 6.28. The average Bonchev–Trinajstić information content (AvgIpc) is 2.79. The van der Waals surface area contributed by atoms with E-state index in [1.54, 1.807) is 0 Å². The lowest BCUT2D eigenvalue weighted by molar-refractivity contribution is -0.129. The zero-order valence-electron chi connectivity index (χ0n) is 10.7. The molecule has 3 heteroatoms. The van der Waals surface area contributed by atoms with Crippen LogP contribution in [0.15, 0.2) is 24.3 Å². The third-order valence-corrected chi connectivity index (χ3v) is 3.46. The first-order chi connectivity index (χ1) is 8.63. The van der Waals surface area contributed by atoms with Gasteiger partial charge >= 0.3 is 0 Å². The van der Waals surface area contributed by atoms with Gasteiger partial charge in [0.2, 0.25) is 0 Å². The van der Waals surface area contributed by atoms with E-state index >= 15 is 0 Å². The number of carbonyl (C=O) groups is 1. The molecular formula is C15H17NO2. The van der Waals surface area contributed by atoms with Crippen LogP contribution in [0, 0.1) is 18.3 Å². The number of carbonyl (C=O) groups excluding carboxylic acids is 1. The van der Waals surface area contributed by atoms with Gasteiger partial charge in [-0.15, -0.1) is 0 Å². The number of benzene rings is 1. The lowest BCUT2D eigenvalue weighted by Gasteiger charge is -2.16. The van der Waals surface area contributed by atoms with Gasteiger partial charge in [-0.2, -0.15) is 5.26 Å². The van der Waals surface area contributed by atoms with Crippen LogP contribution in [0.3, 0.4) is 0 Å². The molecule has 3 atom stereocenters. The van der Waals surface area contributed by atoms with Crippen LogP contribution >= 0.6 is 0 Å². The largest absolute Gasteiger partial charge is 0.367 e. The highest BCUT2D eigenvalue weighted by Gasteiger charge is 2.34. The molecule has 1 heterocycles. The van der Waals surface area contributed by atoms with E-state index in [2.05, 4.69) is 6.07 Å². The van der Waals surface area contributed by atoms with E-state index in [0.717, 1.165) is 24.0 Å². The summed E-state index contributed by atoms with van der Waals surface area (Å²) >= 11 is 0. The first kappa shape index (κ1) is 12.8. The molecule has 0 saturated carbocycles. The van der Waals surface area contributed by atoms with Crippen LogP contribution in [-0.2, 0) is 9.53 Å². The maximum absolute atomic E-state index is 12.3. The number of hydrogen-bond acceptors (Lipinski definition) is 3. The minimum Gasteiger partial charge on any atom is -0.367 e. The van der Waals surface area contributed by atoms with Gasteiger partial charge in [0.1, 0.15) is 12.0 Å². The highest BCUT2D eigenvalue weighted by atomic mass is 16.5. The topological polar surface area (TPSA) is 50.1 Å². The van der Waals surface area contributed by atoms with Gasteiger partial charge < -0.3 is 4.74 Å². The molecule has 18 heavy (non-hydrogen) atoms. The molecule has 3 nitrogen and oxygen atoms in total. The third kappa shape index (κ3) is 2.44. The summed E-state index contributed by atoms with van der Waals surface area (Å²) in [6, 6.07) is 9.66. The lowest BCUT2D eigenvalue weighted by atomic mass is 9.89. The summed E-state index contributed by atoms with van der Waals surface area (Å²) in [5.74, 6) is -0.808. The van der Waals surface area contributed by atoms with Crippen molar-refractivity contribution in [2.24, 2.45) is 0 Å². The maximum Gasteiger partial charge on any atom is 0.183 e. The highest BCUT2D eigenvalue weighted by Crippen LogP contribution is 2.27. The van der Waals surface area contributed by atoms with Gasteiger partial charge in [0.05, 0.1) is 12.2 Å². The van der Waals surface area contributed by atoms with Gasteiger partial charge in [0, 0.05) is 0 Å². The normalized spacial score (nSPS) is 24.5. The van der Waals surface area contributed by atoms with E-state index in [9.17, 15) is 10.1 Å². The van der Waals surface area contributed by atoms with Crippen LogP contribution in [0.2, 0.25) is 0 Å². The van der Waals surface area contributed by atoms with E-state index in [1.807, 2.05) is 38.1 Å². The number of ether oxygens (including phenoxy) is 1. The van der Waals surface area contributed by atoms with Crippen molar-refractivity contribution in [3.8, 4) is 6.07 Å². The zero-order chi connectivity index (χ0) is 13.1. The number of aryl methyl sites for hydroxylation is 1. The summed E-state index contributed by atoms with van der Waals surface area (Å²) in [6.07, 6.45) is 1.33. The Balaban J connectivity index is 2.22. The van der Waals surface area contributed by atoms with Crippen molar-refractivity contribution >= 4 is 5.78 Å². The Labute approximate surface area is 107 Å². The molecule has 1 aliphatic rings. The zero-order valence-corrected chi connectivity index (χ0v) is 10.7. The third-order valence-electron chi connectivity index (χ3n) is 3.46. The van der Waals surface area contributed by atoms with Gasteiger partial charge in [0.15, 0.2) is 5.78 Å². The highest BCUT2D eigenvalue weighted by molar-refractivity contribution is 5.92. The van der Waals surface area contributed by atoms with Crippen molar-refractivity contribution in [2.75, 3.05) is 0 Å². The number of nitrogens with zero attached hydrogens (tertiary/aromatic N) is 1. The molecule has 94 valence electrons. The van der Waals surface area contributed by atoms with Crippen LogP contribution in [0.25, 0.3) is 0 Å². The number of nitriles is 1. The molecule has 0 aromatic heterocycles. The molecule has 0 radical (unpaired) electrons. The predicted octanol–water partition coefficient (Wildman–Crippen LogP) is 2.74. The molecule has 3 unspecified atom stereocenters. The van der Waals surface area contributed by atoms with Crippen molar-refractivity contribution in [1.82, 2.24) is 0 Å².